The van der Waals surface area contributed by atoms with E-state index >= 15 is 0 Å². The molecule has 0 fully saturated rings. The van der Waals surface area contributed by atoms with Crippen molar-refractivity contribution >= 4 is 16.7 Å². The Balaban J connectivity index is 1.74. The molecule has 0 saturated carbocycles. The highest BCUT2D eigenvalue weighted by Crippen LogP contribution is 2.26. The zero-order valence-electron chi connectivity index (χ0n) is 15.4. The van der Waals surface area contributed by atoms with Gasteiger partial charge in [0.25, 0.3) is 0 Å². The first kappa shape index (κ1) is 15.7. The smallest absolute Gasteiger partial charge is 0.175 e. The number of aryl methyl sites for hydroxylation is 3. The number of hydrogen-bond acceptors (Lipinski definition) is 4. The Morgan fingerprint density at radius 1 is 0.852 bits per heavy atom. The Kier molecular flexibility index (Phi) is 3.33. The fourth-order valence-electron chi connectivity index (χ4n) is 3.55. The molecule has 0 aliphatic heterocycles. The van der Waals surface area contributed by atoms with Crippen LogP contribution in [-0.4, -0.2) is 29.4 Å². The minimum absolute atomic E-state index is 0.759. The highest BCUT2D eigenvalue weighted by atomic mass is 15.3. The molecule has 6 nitrogen and oxygen atoms in total. The molecule has 132 valence electrons. The molecule has 27 heavy (non-hydrogen) atoms. The molecule has 5 aromatic rings. The van der Waals surface area contributed by atoms with Gasteiger partial charge in [0.1, 0.15) is 6.33 Å². The average molecular weight is 354 g/mol. The van der Waals surface area contributed by atoms with Crippen LogP contribution in [0.3, 0.4) is 0 Å². The Morgan fingerprint density at radius 3 is 2.52 bits per heavy atom. The predicted molar refractivity (Wildman–Crippen MR) is 105 cm³/mol. The molecule has 0 aliphatic rings. The van der Waals surface area contributed by atoms with Gasteiger partial charge in [0, 0.05) is 5.56 Å². The first-order valence-corrected chi connectivity index (χ1v) is 8.84. The minimum Gasteiger partial charge on any atom is -0.265 e. The van der Waals surface area contributed by atoms with Crippen LogP contribution in [0.5, 0.6) is 0 Å². The van der Waals surface area contributed by atoms with E-state index < -0.39 is 0 Å². The van der Waals surface area contributed by atoms with Crippen molar-refractivity contribution in [3.63, 3.8) is 0 Å². The lowest BCUT2D eigenvalue weighted by Gasteiger charge is -2.08. The molecule has 6 heteroatoms. The second-order valence-corrected chi connectivity index (χ2v) is 6.86. The Bertz CT molecular complexity index is 1310. The van der Waals surface area contributed by atoms with Crippen molar-refractivity contribution < 1.29 is 0 Å². The lowest BCUT2D eigenvalue weighted by Crippen LogP contribution is -2.01. The largest absolute Gasteiger partial charge is 0.265 e. The van der Waals surface area contributed by atoms with Crippen molar-refractivity contribution in [3.8, 4) is 17.1 Å². The highest BCUT2D eigenvalue weighted by molar-refractivity contribution is 5.90. The van der Waals surface area contributed by atoms with E-state index in [1.165, 1.54) is 5.56 Å². The molecule has 3 heterocycles. The molecular weight excluding hydrogens is 336 g/mol. The van der Waals surface area contributed by atoms with Crippen molar-refractivity contribution in [1.82, 2.24) is 29.4 Å². The van der Waals surface area contributed by atoms with E-state index in [2.05, 4.69) is 71.4 Å². The monoisotopic (exact) mass is 354 g/mol. The second-order valence-electron chi connectivity index (χ2n) is 6.86. The fraction of sp³-hybridized carbons (Fsp3) is 0.143. The maximum Gasteiger partial charge on any atom is 0.175 e. The summed E-state index contributed by atoms with van der Waals surface area (Å²) < 4.78 is 3.80. The van der Waals surface area contributed by atoms with E-state index in [-0.39, 0.29) is 0 Å². The van der Waals surface area contributed by atoms with Crippen LogP contribution in [0.25, 0.3) is 33.8 Å². The number of aromatic nitrogens is 6. The third kappa shape index (κ3) is 2.33. The molecule has 2 aromatic carbocycles. The van der Waals surface area contributed by atoms with Gasteiger partial charge in [0.15, 0.2) is 17.1 Å². The van der Waals surface area contributed by atoms with E-state index in [0.29, 0.717) is 0 Å². The number of benzene rings is 2. The average Bonchev–Trinajstić information content (AvgIpc) is 3.26. The Labute approximate surface area is 156 Å². The quantitative estimate of drug-likeness (QED) is 0.480. The first-order valence-electron chi connectivity index (χ1n) is 8.84. The van der Waals surface area contributed by atoms with Gasteiger partial charge in [-0.1, -0.05) is 42.0 Å². The van der Waals surface area contributed by atoms with Gasteiger partial charge in [-0.15, -0.1) is 10.2 Å². The summed E-state index contributed by atoms with van der Waals surface area (Å²) in [5.41, 5.74) is 7.14. The molecular formula is C21H18N6. The van der Waals surface area contributed by atoms with Crippen molar-refractivity contribution in [2.75, 3.05) is 0 Å². The molecule has 0 N–H and O–H groups in total. The number of hydrogen-bond donors (Lipinski definition) is 0. The van der Waals surface area contributed by atoms with E-state index in [4.69, 9.17) is 0 Å². The molecule has 3 aromatic heterocycles. The van der Waals surface area contributed by atoms with E-state index in [0.717, 1.165) is 44.9 Å². The van der Waals surface area contributed by atoms with Crippen LogP contribution in [0.15, 0.2) is 55.0 Å². The normalized spacial score (nSPS) is 11.5. The summed E-state index contributed by atoms with van der Waals surface area (Å²) in [6.07, 6.45) is 3.59. The number of fused-ring (bicyclic) bond motifs is 3. The van der Waals surface area contributed by atoms with Crippen LogP contribution in [0, 0.1) is 20.8 Å². The lowest BCUT2D eigenvalue weighted by atomic mass is 10.1. The first-order chi connectivity index (χ1) is 13.1. The van der Waals surface area contributed by atoms with E-state index in [1.54, 1.807) is 6.33 Å². The second kappa shape index (κ2) is 5.74. The number of rotatable bonds is 2. The van der Waals surface area contributed by atoms with E-state index in [9.17, 15) is 0 Å². The molecule has 0 amide bonds. The molecule has 0 atom stereocenters. The molecule has 0 unspecified atom stereocenters. The maximum absolute atomic E-state index is 4.68. The van der Waals surface area contributed by atoms with Gasteiger partial charge >= 0.3 is 0 Å². The van der Waals surface area contributed by atoms with Crippen LogP contribution in [-0.2, 0) is 0 Å². The molecule has 0 aliphatic carbocycles. The summed E-state index contributed by atoms with van der Waals surface area (Å²) in [5, 5.41) is 14.3. The fourth-order valence-corrected chi connectivity index (χ4v) is 3.55. The van der Waals surface area contributed by atoms with Crippen LogP contribution in [0.4, 0.5) is 0 Å². The Morgan fingerprint density at radius 2 is 1.70 bits per heavy atom. The third-order valence-corrected chi connectivity index (χ3v) is 4.94. The van der Waals surface area contributed by atoms with Crippen LogP contribution in [0.2, 0.25) is 0 Å². The van der Waals surface area contributed by atoms with Crippen molar-refractivity contribution in [2.45, 2.75) is 20.8 Å². The molecule has 5 rings (SSSR count). The van der Waals surface area contributed by atoms with Gasteiger partial charge in [-0.2, -0.15) is 5.10 Å². The summed E-state index contributed by atoms with van der Waals surface area (Å²) in [5.74, 6) is 0.789. The predicted octanol–water partition coefficient (Wildman–Crippen LogP) is 4.06. The van der Waals surface area contributed by atoms with Gasteiger partial charge in [-0.25, -0.2) is 9.67 Å². The van der Waals surface area contributed by atoms with Gasteiger partial charge in [0.05, 0.1) is 17.3 Å². The zero-order valence-corrected chi connectivity index (χ0v) is 15.4. The van der Waals surface area contributed by atoms with E-state index in [1.807, 2.05) is 27.4 Å². The lowest BCUT2D eigenvalue weighted by molar-refractivity contribution is 0.885. The summed E-state index contributed by atoms with van der Waals surface area (Å²) >= 11 is 0. The molecule has 0 spiro atoms. The topological polar surface area (TPSA) is 60.9 Å². The molecule has 0 saturated heterocycles. The van der Waals surface area contributed by atoms with Gasteiger partial charge in [0.2, 0.25) is 0 Å². The van der Waals surface area contributed by atoms with Crippen molar-refractivity contribution in [2.24, 2.45) is 0 Å². The van der Waals surface area contributed by atoms with Gasteiger partial charge < -0.3 is 0 Å². The molecule has 0 bridgehead atoms. The summed E-state index contributed by atoms with van der Waals surface area (Å²) in [4.78, 5) is 4.68. The summed E-state index contributed by atoms with van der Waals surface area (Å²) in [6, 6.07) is 14.5. The van der Waals surface area contributed by atoms with Gasteiger partial charge in [-0.05, 0) is 38.0 Å². The third-order valence-electron chi connectivity index (χ3n) is 4.94. The van der Waals surface area contributed by atoms with Gasteiger partial charge in [-0.3, -0.25) is 4.40 Å². The highest BCUT2D eigenvalue weighted by Gasteiger charge is 2.16. The Hall–Kier alpha value is -3.54. The zero-order chi connectivity index (χ0) is 18.5. The summed E-state index contributed by atoms with van der Waals surface area (Å²) in [7, 11) is 0. The molecule has 0 radical (unpaired) electrons. The number of nitrogens with zero attached hydrogens (tertiary/aromatic N) is 6. The minimum atomic E-state index is 0.759. The van der Waals surface area contributed by atoms with Crippen LogP contribution in [0.1, 0.15) is 16.7 Å². The SMILES string of the molecule is Cc1ccc(-n2ncc3c2ncn2c(-c4ccccc4C)nnc32)c(C)c1. The van der Waals surface area contributed by atoms with Crippen molar-refractivity contribution in [3.05, 3.63) is 71.7 Å². The maximum atomic E-state index is 4.68. The van der Waals surface area contributed by atoms with Crippen LogP contribution < -0.4 is 0 Å². The van der Waals surface area contributed by atoms with Crippen LogP contribution >= 0.6 is 0 Å². The van der Waals surface area contributed by atoms with Crippen molar-refractivity contribution in [1.29, 1.82) is 0 Å². The standard InChI is InChI=1S/C21H18N6/c1-13-8-9-18(15(3)10-13)27-19-17(11-23-27)21-25-24-20(26(21)12-22-19)16-7-5-4-6-14(16)2/h4-12H,1-3H3. The summed E-state index contributed by atoms with van der Waals surface area (Å²) in [6.45, 7) is 6.24.